The maximum Gasteiger partial charge on any atom is 0.295 e. The third-order valence-electron chi connectivity index (χ3n) is 2.54. The fourth-order valence-electron chi connectivity index (χ4n) is 1.42. The number of aromatic amines is 1. The molecule has 0 aromatic carbocycles. The number of methoxy groups -OCH3 is 1. The molecule has 0 saturated heterocycles. The zero-order valence-corrected chi connectivity index (χ0v) is 10.4. The first-order valence-corrected chi connectivity index (χ1v) is 5.46. The van der Waals surface area contributed by atoms with Gasteiger partial charge in [0.2, 0.25) is 5.75 Å². The quantitative estimate of drug-likeness (QED) is 0.679. The highest BCUT2D eigenvalue weighted by Gasteiger charge is 2.18. The Morgan fingerprint density at radius 2 is 2.29 bits per heavy atom. The highest BCUT2D eigenvalue weighted by atomic mass is 16.5. The third kappa shape index (κ3) is 3.74. The molecule has 3 N–H and O–H groups in total. The topological polar surface area (TPSA) is 87.2 Å². The first-order valence-electron chi connectivity index (χ1n) is 5.46. The summed E-state index contributed by atoms with van der Waals surface area (Å²) < 4.78 is 4.98. The van der Waals surface area contributed by atoms with Crippen LogP contribution in [0.2, 0.25) is 0 Å². The molecular weight excluding hydrogens is 222 g/mol. The van der Waals surface area contributed by atoms with Gasteiger partial charge in [-0.2, -0.15) is 0 Å². The lowest BCUT2D eigenvalue weighted by atomic mass is 9.90. The van der Waals surface area contributed by atoms with E-state index in [2.05, 4.69) is 15.3 Å². The van der Waals surface area contributed by atoms with Crippen molar-refractivity contribution in [2.45, 2.75) is 20.3 Å². The predicted molar refractivity (Wildman–Crippen MR) is 65.4 cm³/mol. The van der Waals surface area contributed by atoms with E-state index in [-0.39, 0.29) is 23.3 Å². The molecule has 0 saturated carbocycles. The van der Waals surface area contributed by atoms with E-state index in [1.165, 1.54) is 13.4 Å². The fraction of sp³-hybridized carbons (Fsp3) is 0.636. The van der Waals surface area contributed by atoms with Gasteiger partial charge in [0.1, 0.15) is 0 Å². The molecule has 0 bridgehead atoms. The van der Waals surface area contributed by atoms with Crippen LogP contribution >= 0.6 is 0 Å². The first-order chi connectivity index (χ1) is 8.00. The first kappa shape index (κ1) is 13.5. The molecule has 17 heavy (non-hydrogen) atoms. The van der Waals surface area contributed by atoms with Crippen molar-refractivity contribution in [1.29, 1.82) is 0 Å². The zero-order chi connectivity index (χ0) is 12.9. The largest absolute Gasteiger partial charge is 0.489 e. The van der Waals surface area contributed by atoms with Gasteiger partial charge in [-0.15, -0.1) is 0 Å². The molecule has 6 heteroatoms. The zero-order valence-electron chi connectivity index (χ0n) is 10.4. The van der Waals surface area contributed by atoms with Gasteiger partial charge in [-0.25, -0.2) is 4.98 Å². The maximum absolute atomic E-state index is 11.4. The van der Waals surface area contributed by atoms with Crippen molar-refractivity contribution in [3.63, 3.8) is 0 Å². The van der Waals surface area contributed by atoms with Crippen LogP contribution < -0.4 is 15.6 Å². The molecule has 96 valence electrons. The minimum Gasteiger partial charge on any atom is -0.489 e. The van der Waals surface area contributed by atoms with Crippen LogP contribution in [-0.4, -0.2) is 35.3 Å². The van der Waals surface area contributed by atoms with E-state index in [4.69, 9.17) is 9.84 Å². The number of aliphatic hydroxyl groups excluding tert-OH is 1. The molecule has 1 rings (SSSR count). The van der Waals surface area contributed by atoms with Crippen molar-refractivity contribution in [1.82, 2.24) is 9.97 Å². The number of nitrogens with one attached hydrogen (secondary N) is 2. The van der Waals surface area contributed by atoms with Gasteiger partial charge < -0.3 is 20.1 Å². The lowest BCUT2D eigenvalue weighted by molar-refractivity contribution is 0.220. The SMILES string of the molecule is COc1c(NCC(C)(C)CCO)nc[nH]c1=O. The summed E-state index contributed by atoms with van der Waals surface area (Å²) in [6.45, 7) is 4.78. The number of hydrogen-bond acceptors (Lipinski definition) is 5. The van der Waals surface area contributed by atoms with E-state index in [0.29, 0.717) is 18.8 Å². The van der Waals surface area contributed by atoms with Crippen molar-refractivity contribution in [3.8, 4) is 5.75 Å². The monoisotopic (exact) mass is 241 g/mol. The van der Waals surface area contributed by atoms with Crippen LogP contribution in [0.1, 0.15) is 20.3 Å². The smallest absolute Gasteiger partial charge is 0.295 e. The number of ether oxygens (including phenoxy) is 1. The normalized spacial score (nSPS) is 11.3. The van der Waals surface area contributed by atoms with E-state index in [1.807, 2.05) is 13.8 Å². The van der Waals surface area contributed by atoms with E-state index in [1.54, 1.807) is 0 Å². The van der Waals surface area contributed by atoms with Crippen molar-refractivity contribution >= 4 is 5.82 Å². The molecule has 6 nitrogen and oxygen atoms in total. The summed E-state index contributed by atoms with van der Waals surface area (Å²) in [7, 11) is 1.43. The van der Waals surface area contributed by atoms with Crippen molar-refractivity contribution in [2.75, 3.05) is 25.6 Å². The second kappa shape index (κ2) is 5.67. The van der Waals surface area contributed by atoms with Crippen LogP contribution in [-0.2, 0) is 0 Å². The Balaban J connectivity index is 2.76. The molecule has 0 unspecified atom stereocenters. The Kier molecular flexibility index (Phi) is 4.51. The van der Waals surface area contributed by atoms with Gasteiger partial charge >= 0.3 is 0 Å². The molecule has 0 amide bonds. The Bertz CT molecular complexity index is 415. The van der Waals surface area contributed by atoms with Crippen LogP contribution in [0.15, 0.2) is 11.1 Å². The summed E-state index contributed by atoms with van der Waals surface area (Å²) in [5.74, 6) is 0.592. The van der Waals surface area contributed by atoms with Gasteiger partial charge in [0.25, 0.3) is 5.56 Å². The molecule has 0 aliphatic rings. The number of aromatic nitrogens is 2. The van der Waals surface area contributed by atoms with Gasteiger partial charge in [0.05, 0.1) is 13.4 Å². The number of nitrogens with zero attached hydrogens (tertiary/aromatic N) is 1. The summed E-state index contributed by atoms with van der Waals surface area (Å²) in [4.78, 5) is 17.9. The summed E-state index contributed by atoms with van der Waals surface area (Å²) in [5, 5.41) is 12.0. The molecule has 0 aliphatic carbocycles. The minimum absolute atomic E-state index is 0.0793. The van der Waals surface area contributed by atoms with E-state index < -0.39 is 0 Å². The molecule has 1 aromatic rings. The van der Waals surface area contributed by atoms with Crippen LogP contribution in [0.3, 0.4) is 0 Å². The average molecular weight is 241 g/mol. The second-order valence-electron chi connectivity index (χ2n) is 4.60. The summed E-state index contributed by atoms with van der Waals surface area (Å²) in [5.41, 5.74) is -0.394. The van der Waals surface area contributed by atoms with E-state index in [0.717, 1.165) is 0 Å². The third-order valence-corrected chi connectivity index (χ3v) is 2.54. The van der Waals surface area contributed by atoms with E-state index in [9.17, 15) is 4.79 Å². The number of H-pyrrole nitrogens is 1. The van der Waals surface area contributed by atoms with Crippen molar-refractivity contribution < 1.29 is 9.84 Å². The van der Waals surface area contributed by atoms with Gasteiger partial charge in [-0.05, 0) is 11.8 Å². The number of anilines is 1. The summed E-state index contributed by atoms with van der Waals surface area (Å²) >= 11 is 0. The Morgan fingerprint density at radius 3 is 2.88 bits per heavy atom. The number of rotatable bonds is 6. The van der Waals surface area contributed by atoms with E-state index >= 15 is 0 Å². The molecule has 0 spiro atoms. The van der Waals surface area contributed by atoms with Crippen LogP contribution in [0.5, 0.6) is 5.75 Å². The van der Waals surface area contributed by atoms with Gasteiger partial charge in [-0.3, -0.25) is 4.79 Å². The highest BCUT2D eigenvalue weighted by molar-refractivity contribution is 5.47. The Labute approximate surface area is 100 Å². The molecule has 0 fully saturated rings. The van der Waals surface area contributed by atoms with Crippen molar-refractivity contribution in [2.24, 2.45) is 5.41 Å². The van der Waals surface area contributed by atoms with Gasteiger partial charge in [-0.1, -0.05) is 13.8 Å². The van der Waals surface area contributed by atoms with Crippen LogP contribution in [0.25, 0.3) is 0 Å². The minimum atomic E-state index is -0.315. The standard InChI is InChI=1S/C11H19N3O3/c1-11(2,4-5-15)6-12-9-8(17-3)10(16)14-7-13-9/h7,15H,4-6H2,1-3H3,(H2,12,13,14,16). The van der Waals surface area contributed by atoms with Gasteiger partial charge in [0, 0.05) is 13.2 Å². The summed E-state index contributed by atoms with van der Waals surface area (Å²) in [6.07, 6.45) is 2.00. The van der Waals surface area contributed by atoms with Crippen LogP contribution in [0.4, 0.5) is 5.82 Å². The number of aliphatic hydroxyl groups is 1. The van der Waals surface area contributed by atoms with Crippen LogP contribution in [0, 0.1) is 5.41 Å². The average Bonchev–Trinajstić information content (AvgIpc) is 2.26. The van der Waals surface area contributed by atoms with Gasteiger partial charge in [0.15, 0.2) is 5.82 Å². The molecule has 1 heterocycles. The molecule has 0 atom stereocenters. The number of hydrogen-bond donors (Lipinski definition) is 3. The highest BCUT2D eigenvalue weighted by Crippen LogP contribution is 2.22. The Morgan fingerprint density at radius 1 is 1.59 bits per heavy atom. The summed E-state index contributed by atoms with van der Waals surface area (Å²) in [6, 6.07) is 0. The lowest BCUT2D eigenvalue weighted by Crippen LogP contribution is -2.25. The Hall–Kier alpha value is -1.56. The second-order valence-corrected chi connectivity index (χ2v) is 4.60. The molecule has 0 aliphatic heterocycles. The molecule has 1 aromatic heterocycles. The molecule has 0 radical (unpaired) electrons. The maximum atomic E-state index is 11.4. The lowest BCUT2D eigenvalue weighted by Gasteiger charge is -2.24. The fourth-order valence-corrected chi connectivity index (χ4v) is 1.42. The van der Waals surface area contributed by atoms with Crippen molar-refractivity contribution in [3.05, 3.63) is 16.7 Å². The molecular formula is C11H19N3O3. The predicted octanol–water partition coefficient (Wildman–Crippen LogP) is 0.599.